The second-order valence-electron chi connectivity index (χ2n) is 4.75. The molecule has 0 heterocycles. The Hall–Kier alpha value is -1.34. The van der Waals surface area contributed by atoms with Gasteiger partial charge in [0.2, 0.25) is 0 Å². The van der Waals surface area contributed by atoms with Crippen LogP contribution >= 0.6 is 0 Å². The minimum absolute atomic E-state index is 0.386. The maximum Gasteiger partial charge on any atom is 0.0572 e. The largest absolute Gasteiger partial charge is 0.384 e. The van der Waals surface area contributed by atoms with Crippen LogP contribution in [0.1, 0.15) is 26.2 Å². The van der Waals surface area contributed by atoms with Crippen LogP contribution in [-0.2, 0) is 4.74 Å². The fraction of sp³-hybridized carbons (Fsp3) is 0.412. The summed E-state index contributed by atoms with van der Waals surface area (Å²) in [7, 11) is 1.78. The SMILES string of the molecule is C=CC1=C(/C=C\CC)C(COC)C2=CCCC=C21. The molecule has 0 fully saturated rings. The third-order valence-corrected chi connectivity index (χ3v) is 3.61. The lowest BCUT2D eigenvalue weighted by atomic mass is 9.91. The van der Waals surface area contributed by atoms with Gasteiger partial charge in [0.25, 0.3) is 0 Å². The Labute approximate surface area is 110 Å². The molecule has 0 radical (unpaired) electrons. The lowest BCUT2D eigenvalue weighted by Crippen LogP contribution is -2.10. The molecule has 0 aromatic rings. The van der Waals surface area contributed by atoms with Crippen molar-refractivity contribution in [3.63, 3.8) is 0 Å². The molecule has 0 saturated carbocycles. The maximum absolute atomic E-state index is 5.41. The van der Waals surface area contributed by atoms with E-state index in [0.717, 1.165) is 25.9 Å². The molecular weight excluding hydrogens is 220 g/mol. The van der Waals surface area contributed by atoms with E-state index in [9.17, 15) is 0 Å². The average Bonchev–Trinajstić information content (AvgIpc) is 2.70. The Balaban J connectivity index is 2.45. The molecule has 2 rings (SSSR count). The summed E-state index contributed by atoms with van der Waals surface area (Å²) in [5.41, 5.74) is 5.49. The van der Waals surface area contributed by atoms with Crippen LogP contribution in [0.2, 0.25) is 0 Å². The van der Waals surface area contributed by atoms with Gasteiger partial charge in [0.1, 0.15) is 0 Å². The van der Waals surface area contributed by atoms with E-state index < -0.39 is 0 Å². The van der Waals surface area contributed by atoms with Crippen molar-refractivity contribution >= 4 is 0 Å². The Morgan fingerprint density at radius 2 is 2.17 bits per heavy atom. The van der Waals surface area contributed by atoms with Crippen molar-refractivity contribution < 1.29 is 4.74 Å². The number of allylic oxidation sites excluding steroid dienone is 7. The molecule has 0 aromatic heterocycles. The van der Waals surface area contributed by atoms with E-state index >= 15 is 0 Å². The van der Waals surface area contributed by atoms with Crippen molar-refractivity contribution in [3.05, 3.63) is 59.3 Å². The standard InChI is InChI=1S/C17H22O/c1-4-6-9-15-13(5-2)14-10-7-8-11-16(14)17(15)12-18-3/h5-6,9-11,17H,2,4,7-8,12H2,1,3H3/b9-6-. The first kappa shape index (κ1) is 13.1. The van der Waals surface area contributed by atoms with Gasteiger partial charge in [-0.3, -0.25) is 0 Å². The predicted octanol–water partition coefficient (Wildman–Crippen LogP) is 4.36. The molecule has 0 bridgehead atoms. The summed E-state index contributed by atoms with van der Waals surface area (Å²) in [5.74, 6) is 0.386. The van der Waals surface area contributed by atoms with Crippen LogP contribution in [0, 0.1) is 5.92 Å². The first-order valence-electron chi connectivity index (χ1n) is 6.76. The summed E-state index contributed by atoms with van der Waals surface area (Å²) in [6.45, 7) is 6.90. The smallest absolute Gasteiger partial charge is 0.0572 e. The van der Waals surface area contributed by atoms with E-state index in [1.54, 1.807) is 7.11 Å². The summed E-state index contributed by atoms with van der Waals surface area (Å²) in [4.78, 5) is 0. The molecule has 96 valence electrons. The lowest BCUT2D eigenvalue weighted by Gasteiger charge is -2.16. The van der Waals surface area contributed by atoms with Crippen molar-refractivity contribution in [2.24, 2.45) is 5.92 Å². The second-order valence-corrected chi connectivity index (χ2v) is 4.75. The predicted molar refractivity (Wildman–Crippen MR) is 77.4 cm³/mol. The first-order chi connectivity index (χ1) is 8.83. The topological polar surface area (TPSA) is 9.23 Å². The molecule has 1 atom stereocenters. The zero-order valence-electron chi connectivity index (χ0n) is 11.4. The van der Waals surface area contributed by atoms with Crippen LogP contribution in [0.3, 0.4) is 0 Å². The van der Waals surface area contributed by atoms with Gasteiger partial charge in [-0.25, -0.2) is 0 Å². The van der Waals surface area contributed by atoms with Gasteiger partial charge in [-0.05, 0) is 41.6 Å². The highest BCUT2D eigenvalue weighted by Gasteiger charge is 2.31. The van der Waals surface area contributed by atoms with Crippen molar-refractivity contribution in [2.75, 3.05) is 13.7 Å². The van der Waals surface area contributed by atoms with Gasteiger partial charge in [0.05, 0.1) is 6.61 Å². The summed E-state index contributed by atoms with van der Waals surface area (Å²) >= 11 is 0. The minimum Gasteiger partial charge on any atom is -0.384 e. The van der Waals surface area contributed by atoms with Gasteiger partial charge in [0, 0.05) is 13.0 Å². The van der Waals surface area contributed by atoms with E-state index in [1.807, 2.05) is 6.08 Å². The van der Waals surface area contributed by atoms with Gasteiger partial charge >= 0.3 is 0 Å². The Kier molecular flexibility index (Phi) is 4.38. The highest BCUT2D eigenvalue weighted by Crippen LogP contribution is 2.44. The molecule has 2 aliphatic carbocycles. The Bertz CT molecular complexity index is 446. The van der Waals surface area contributed by atoms with E-state index in [-0.39, 0.29) is 0 Å². The van der Waals surface area contributed by atoms with Crippen LogP contribution < -0.4 is 0 Å². The number of hydrogen-bond acceptors (Lipinski definition) is 1. The zero-order valence-corrected chi connectivity index (χ0v) is 11.4. The van der Waals surface area contributed by atoms with Crippen molar-refractivity contribution in [1.82, 2.24) is 0 Å². The fourth-order valence-electron chi connectivity index (χ4n) is 2.83. The normalized spacial score (nSPS) is 23.1. The van der Waals surface area contributed by atoms with Gasteiger partial charge in [-0.2, -0.15) is 0 Å². The Morgan fingerprint density at radius 3 is 2.83 bits per heavy atom. The van der Waals surface area contributed by atoms with Crippen molar-refractivity contribution in [3.8, 4) is 0 Å². The molecule has 0 aromatic carbocycles. The molecule has 1 heteroatoms. The van der Waals surface area contributed by atoms with Gasteiger partial charge in [0.15, 0.2) is 0 Å². The summed E-state index contributed by atoms with van der Waals surface area (Å²) < 4.78 is 5.41. The van der Waals surface area contributed by atoms with E-state index in [1.165, 1.54) is 22.3 Å². The molecule has 2 aliphatic rings. The number of ether oxygens (including phenoxy) is 1. The van der Waals surface area contributed by atoms with Crippen molar-refractivity contribution in [2.45, 2.75) is 26.2 Å². The van der Waals surface area contributed by atoms with Crippen LogP contribution in [0.15, 0.2) is 59.3 Å². The third-order valence-electron chi connectivity index (χ3n) is 3.61. The summed E-state index contributed by atoms with van der Waals surface area (Å²) in [6.07, 6.45) is 14.5. The van der Waals surface area contributed by atoms with Gasteiger partial charge in [-0.1, -0.05) is 43.9 Å². The monoisotopic (exact) mass is 242 g/mol. The quantitative estimate of drug-likeness (QED) is 0.696. The molecule has 0 amide bonds. The minimum atomic E-state index is 0.386. The van der Waals surface area contributed by atoms with E-state index in [2.05, 4.69) is 37.8 Å². The molecule has 0 spiro atoms. The summed E-state index contributed by atoms with van der Waals surface area (Å²) in [6, 6.07) is 0. The zero-order chi connectivity index (χ0) is 13.0. The van der Waals surface area contributed by atoms with Crippen LogP contribution in [0.5, 0.6) is 0 Å². The van der Waals surface area contributed by atoms with Crippen LogP contribution in [0.25, 0.3) is 0 Å². The summed E-state index contributed by atoms with van der Waals surface area (Å²) in [5, 5.41) is 0. The second kappa shape index (κ2) is 6.01. The molecule has 0 N–H and O–H groups in total. The van der Waals surface area contributed by atoms with Crippen molar-refractivity contribution in [1.29, 1.82) is 0 Å². The van der Waals surface area contributed by atoms with Crippen LogP contribution in [-0.4, -0.2) is 13.7 Å². The number of methoxy groups -OCH3 is 1. The highest BCUT2D eigenvalue weighted by atomic mass is 16.5. The molecular formula is C17H22O. The van der Waals surface area contributed by atoms with E-state index in [4.69, 9.17) is 4.74 Å². The highest BCUT2D eigenvalue weighted by molar-refractivity contribution is 5.66. The third kappa shape index (κ3) is 2.28. The number of fused-ring (bicyclic) bond motifs is 1. The van der Waals surface area contributed by atoms with Gasteiger partial charge in [-0.15, -0.1) is 0 Å². The number of hydrogen-bond donors (Lipinski definition) is 0. The number of rotatable bonds is 5. The first-order valence-corrected chi connectivity index (χ1v) is 6.76. The average molecular weight is 242 g/mol. The molecule has 1 unspecified atom stereocenters. The molecule has 0 aliphatic heterocycles. The molecule has 1 nitrogen and oxygen atoms in total. The molecule has 0 saturated heterocycles. The lowest BCUT2D eigenvalue weighted by molar-refractivity contribution is 0.180. The van der Waals surface area contributed by atoms with E-state index in [0.29, 0.717) is 5.92 Å². The molecule has 18 heavy (non-hydrogen) atoms. The Morgan fingerprint density at radius 1 is 1.39 bits per heavy atom. The fourth-order valence-corrected chi connectivity index (χ4v) is 2.83. The maximum atomic E-state index is 5.41. The van der Waals surface area contributed by atoms with Gasteiger partial charge < -0.3 is 4.74 Å². The van der Waals surface area contributed by atoms with Crippen LogP contribution in [0.4, 0.5) is 0 Å².